The van der Waals surface area contributed by atoms with Crippen LogP contribution >= 0.6 is 0 Å². The molecule has 3 atom stereocenters. The molecule has 0 aromatic heterocycles. The van der Waals surface area contributed by atoms with Gasteiger partial charge in [-0.1, -0.05) is 60.7 Å². The van der Waals surface area contributed by atoms with E-state index in [-0.39, 0.29) is 12.2 Å². The van der Waals surface area contributed by atoms with E-state index < -0.39 is 6.29 Å². The lowest BCUT2D eigenvalue weighted by Crippen LogP contribution is -2.29. The van der Waals surface area contributed by atoms with Gasteiger partial charge in [0, 0.05) is 6.42 Å². The molecule has 0 saturated carbocycles. The zero-order valence-electron chi connectivity index (χ0n) is 13.4. The zero-order valence-corrected chi connectivity index (χ0v) is 13.4. The smallest absolute Gasteiger partial charge is 0.194 e. The monoisotopic (exact) mass is 330 g/mol. The molecule has 5 heteroatoms. The minimum absolute atomic E-state index is 0.182. The topological polar surface area (TPSA) is 57.2 Å². The third kappa shape index (κ3) is 4.87. The molecule has 24 heavy (non-hydrogen) atoms. The van der Waals surface area contributed by atoms with Crippen molar-refractivity contribution in [2.45, 2.75) is 38.1 Å². The third-order valence-electron chi connectivity index (χ3n) is 3.98. The first kappa shape index (κ1) is 17.1. The maximum absolute atomic E-state index is 8.87. The van der Waals surface area contributed by atoms with E-state index in [1.807, 2.05) is 60.7 Å². The first-order valence-electron chi connectivity index (χ1n) is 8.08. The van der Waals surface area contributed by atoms with Crippen molar-refractivity contribution in [1.29, 1.82) is 0 Å². The molecule has 2 aromatic carbocycles. The molecule has 0 unspecified atom stereocenters. The standard InChI is InChI=1S/C19H22O5/c20-24-19-11-17(22-13-16-9-5-2-6-10-16)18(23-19)14-21-12-15-7-3-1-4-8-15/h1-10,17-20H,11-14H2/t17-,18+,19-/m0/s1. The van der Waals surface area contributed by atoms with E-state index in [2.05, 4.69) is 4.89 Å². The Morgan fingerprint density at radius 1 is 0.917 bits per heavy atom. The van der Waals surface area contributed by atoms with E-state index in [0.717, 1.165) is 11.1 Å². The predicted octanol–water partition coefficient (Wildman–Crippen LogP) is 3.39. The molecule has 0 bridgehead atoms. The van der Waals surface area contributed by atoms with Crippen LogP contribution in [0.15, 0.2) is 60.7 Å². The van der Waals surface area contributed by atoms with Gasteiger partial charge < -0.3 is 14.2 Å². The summed E-state index contributed by atoms with van der Waals surface area (Å²) < 4.78 is 17.3. The Kier molecular flexibility index (Phi) is 6.34. The summed E-state index contributed by atoms with van der Waals surface area (Å²) >= 11 is 0. The highest BCUT2D eigenvalue weighted by Gasteiger charge is 2.37. The molecule has 3 rings (SSSR count). The van der Waals surface area contributed by atoms with E-state index in [1.54, 1.807) is 0 Å². The SMILES string of the molecule is OO[C@H]1C[C@H](OCc2ccccc2)[C@@H](COCc2ccccc2)O1. The Morgan fingerprint density at radius 2 is 1.54 bits per heavy atom. The van der Waals surface area contributed by atoms with Crippen molar-refractivity contribution in [3.05, 3.63) is 71.8 Å². The second kappa shape index (κ2) is 8.92. The van der Waals surface area contributed by atoms with Crippen molar-refractivity contribution in [3.8, 4) is 0 Å². The van der Waals surface area contributed by atoms with Crippen LogP contribution in [0.5, 0.6) is 0 Å². The Labute approximate surface area is 141 Å². The summed E-state index contributed by atoms with van der Waals surface area (Å²) in [4.78, 5) is 4.33. The van der Waals surface area contributed by atoms with Crippen molar-refractivity contribution < 1.29 is 24.4 Å². The Hall–Kier alpha value is -1.76. The fourth-order valence-corrected chi connectivity index (χ4v) is 2.71. The molecule has 5 nitrogen and oxygen atoms in total. The minimum atomic E-state index is -0.670. The fourth-order valence-electron chi connectivity index (χ4n) is 2.71. The molecular formula is C19H22O5. The fraction of sp³-hybridized carbons (Fsp3) is 0.368. The van der Waals surface area contributed by atoms with Gasteiger partial charge in [0.2, 0.25) is 0 Å². The molecule has 1 heterocycles. The zero-order chi connectivity index (χ0) is 16.6. The van der Waals surface area contributed by atoms with Crippen LogP contribution < -0.4 is 0 Å². The molecule has 2 aromatic rings. The van der Waals surface area contributed by atoms with Crippen molar-refractivity contribution in [2.75, 3.05) is 6.61 Å². The minimum Gasteiger partial charge on any atom is -0.374 e. The molecule has 0 spiro atoms. The maximum atomic E-state index is 8.87. The van der Waals surface area contributed by atoms with Crippen LogP contribution in [0.3, 0.4) is 0 Å². The van der Waals surface area contributed by atoms with Crippen LogP contribution in [0.4, 0.5) is 0 Å². The van der Waals surface area contributed by atoms with Crippen LogP contribution in [0.2, 0.25) is 0 Å². The summed E-state index contributed by atoms with van der Waals surface area (Å²) in [5.74, 6) is 0. The summed E-state index contributed by atoms with van der Waals surface area (Å²) in [6.45, 7) is 1.38. The van der Waals surface area contributed by atoms with Gasteiger partial charge >= 0.3 is 0 Å². The molecular weight excluding hydrogens is 308 g/mol. The summed E-state index contributed by atoms with van der Waals surface area (Å²) in [7, 11) is 0. The normalized spacial score (nSPS) is 23.5. The highest BCUT2D eigenvalue weighted by Crippen LogP contribution is 2.25. The van der Waals surface area contributed by atoms with Gasteiger partial charge in [0.25, 0.3) is 0 Å². The number of hydrogen-bond acceptors (Lipinski definition) is 5. The van der Waals surface area contributed by atoms with Gasteiger partial charge in [0.15, 0.2) is 6.29 Å². The van der Waals surface area contributed by atoms with Gasteiger partial charge in [-0.2, -0.15) is 0 Å². The molecule has 1 N–H and O–H groups in total. The summed E-state index contributed by atoms with van der Waals surface area (Å²) in [5.41, 5.74) is 2.20. The van der Waals surface area contributed by atoms with E-state index >= 15 is 0 Å². The molecule has 0 radical (unpaired) electrons. The maximum Gasteiger partial charge on any atom is 0.194 e. The number of ether oxygens (including phenoxy) is 3. The first-order chi connectivity index (χ1) is 11.8. The van der Waals surface area contributed by atoms with Crippen molar-refractivity contribution >= 4 is 0 Å². The van der Waals surface area contributed by atoms with Crippen LogP contribution in [-0.4, -0.2) is 30.4 Å². The molecule has 1 saturated heterocycles. The largest absolute Gasteiger partial charge is 0.374 e. The van der Waals surface area contributed by atoms with Crippen LogP contribution in [0, 0.1) is 0 Å². The van der Waals surface area contributed by atoms with Crippen LogP contribution in [0.1, 0.15) is 17.5 Å². The van der Waals surface area contributed by atoms with E-state index in [1.165, 1.54) is 0 Å². The summed E-state index contributed by atoms with van der Waals surface area (Å²) in [6.07, 6.45) is -0.647. The van der Waals surface area contributed by atoms with Gasteiger partial charge in [0.1, 0.15) is 6.10 Å². The van der Waals surface area contributed by atoms with Crippen molar-refractivity contribution in [3.63, 3.8) is 0 Å². The van der Waals surface area contributed by atoms with E-state index in [0.29, 0.717) is 26.2 Å². The lowest BCUT2D eigenvalue weighted by atomic mass is 10.2. The Bertz CT molecular complexity index is 589. The van der Waals surface area contributed by atoms with Gasteiger partial charge in [-0.05, 0) is 11.1 Å². The lowest BCUT2D eigenvalue weighted by molar-refractivity contribution is -0.341. The first-order valence-corrected chi connectivity index (χ1v) is 8.08. The van der Waals surface area contributed by atoms with Crippen LogP contribution in [-0.2, 0) is 32.3 Å². The molecule has 1 aliphatic heterocycles. The molecule has 0 aliphatic carbocycles. The van der Waals surface area contributed by atoms with Crippen molar-refractivity contribution in [1.82, 2.24) is 0 Å². The van der Waals surface area contributed by atoms with E-state index in [4.69, 9.17) is 19.5 Å². The number of hydrogen-bond donors (Lipinski definition) is 1. The quantitative estimate of drug-likeness (QED) is 0.594. The average Bonchev–Trinajstić information content (AvgIpc) is 3.04. The molecule has 128 valence electrons. The van der Waals surface area contributed by atoms with E-state index in [9.17, 15) is 0 Å². The summed E-state index contributed by atoms with van der Waals surface area (Å²) in [6, 6.07) is 19.9. The highest BCUT2D eigenvalue weighted by atomic mass is 17.1. The second-order valence-electron chi connectivity index (χ2n) is 5.78. The lowest BCUT2D eigenvalue weighted by Gasteiger charge is -2.19. The Morgan fingerprint density at radius 3 is 2.17 bits per heavy atom. The predicted molar refractivity (Wildman–Crippen MR) is 88.1 cm³/mol. The van der Waals surface area contributed by atoms with Crippen molar-refractivity contribution in [2.24, 2.45) is 0 Å². The molecule has 0 amide bonds. The highest BCUT2D eigenvalue weighted by molar-refractivity contribution is 5.14. The summed E-state index contributed by atoms with van der Waals surface area (Å²) in [5, 5.41) is 8.87. The molecule has 1 aliphatic rings. The number of rotatable bonds is 8. The Balaban J connectivity index is 1.49. The van der Waals surface area contributed by atoms with Gasteiger partial charge in [-0.3, -0.25) is 0 Å². The van der Waals surface area contributed by atoms with Gasteiger partial charge in [-0.15, -0.1) is 0 Å². The third-order valence-corrected chi connectivity index (χ3v) is 3.98. The number of benzene rings is 2. The van der Waals surface area contributed by atoms with Gasteiger partial charge in [0.05, 0.1) is 25.9 Å². The van der Waals surface area contributed by atoms with Gasteiger partial charge in [-0.25, -0.2) is 10.1 Å². The second-order valence-corrected chi connectivity index (χ2v) is 5.78. The average molecular weight is 330 g/mol. The van der Waals surface area contributed by atoms with Crippen LogP contribution in [0.25, 0.3) is 0 Å². The molecule has 1 fully saturated rings.